The lowest BCUT2D eigenvalue weighted by atomic mass is 10.1. The Morgan fingerprint density at radius 2 is 2.14 bits per heavy atom. The van der Waals surface area contributed by atoms with Gasteiger partial charge in [0.15, 0.2) is 0 Å². The van der Waals surface area contributed by atoms with Crippen LogP contribution in [0.2, 0.25) is 0 Å². The molecule has 0 aromatic heterocycles. The molecule has 3 N–H and O–H groups in total. The molecule has 0 saturated carbocycles. The van der Waals surface area contributed by atoms with E-state index in [1.165, 1.54) is 12.1 Å². The molecule has 1 aromatic carbocycles. The molecule has 0 spiro atoms. The van der Waals surface area contributed by atoms with Crippen LogP contribution in [-0.4, -0.2) is 46.6 Å². The van der Waals surface area contributed by atoms with E-state index in [4.69, 9.17) is 0 Å². The van der Waals surface area contributed by atoms with Crippen molar-refractivity contribution in [1.82, 2.24) is 10.2 Å². The summed E-state index contributed by atoms with van der Waals surface area (Å²) in [6, 6.07) is 6.27. The van der Waals surface area contributed by atoms with Gasteiger partial charge in [-0.15, -0.1) is 0 Å². The summed E-state index contributed by atoms with van der Waals surface area (Å²) in [5.74, 6) is -0.200. The number of phenols is 1. The van der Waals surface area contributed by atoms with Gasteiger partial charge in [0.05, 0.1) is 12.6 Å². The molecular weight excluding hydrogens is 284 g/mol. The molecule has 1 aromatic rings. The Labute approximate surface area is 129 Å². The number of amides is 2. The second-order valence-electron chi connectivity index (χ2n) is 5.54. The topological polar surface area (TPSA) is 89.9 Å². The van der Waals surface area contributed by atoms with Gasteiger partial charge in [-0.3, -0.25) is 9.59 Å². The van der Waals surface area contributed by atoms with Crippen molar-refractivity contribution < 1.29 is 19.8 Å². The van der Waals surface area contributed by atoms with Gasteiger partial charge in [0.2, 0.25) is 11.8 Å². The molecule has 2 rings (SSSR count). The Morgan fingerprint density at radius 1 is 1.32 bits per heavy atom. The minimum Gasteiger partial charge on any atom is -0.508 e. The highest BCUT2D eigenvalue weighted by Gasteiger charge is 2.19. The van der Waals surface area contributed by atoms with E-state index in [0.29, 0.717) is 18.5 Å². The predicted octanol–water partition coefficient (Wildman–Crippen LogP) is 0.944. The van der Waals surface area contributed by atoms with Gasteiger partial charge >= 0.3 is 0 Å². The standard InChI is InChI=1S/C16H22N2O4/c19-13-6-4-5-12(9-13)14(20)10-17-15(21)11-18-8-3-1-2-7-16(18)22/h4-6,9,14,19-20H,1-3,7-8,10-11H2,(H,17,21). The minimum atomic E-state index is -0.893. The summed E-state index contributed by atoms with van der Waals surface area (Å²) in [4.78, 5) is 25.3. The number of likely N-dealkylation sites (tertiary alicyclic amines) is 1. The van der Waals surface area contributed by atoms with E-state index in [-0.39, 0.29) is 30.7 Å². The first kappa shape index (κ1) is 16.3. The molecule has 1 aliphatic heterocycles. The number of phenolic OH excluding ortho intramolecular Hbond substituents is 1. The van der Waals surface area contributed by atoms with Crippen LogP contribution in [0.4, 0.5) is 0 Å². The number of benzene rings is 1. The number of hydrogen-bond acceptors (Lipinski definition) is 4. The van der Waals surface area contributed by atoms with Gasteiger partial charge < -0.3 is 20.4 Å². The highest BCUT2D eigenvalue weighted by Crippen LogP contribution is 2.17. The number of nitrogens with zero attached hydrogens (tertiary/aromatic N) is 1. The molecule has 1 heterocycles. The second-order valence-corrected chi connectivity index (χ2v) is 5.54. The molecule has 0 radical (unpaired) electrons. The Kier molecular flexibility index (Phi) is 5.77. The van der Waals surface area contributed by atoms with Gasteiger partial charge in [-0.2, -0.15) is 0 Å². The first-order valence-electron chi connectivity index (χ1n) is 7.58. The average molecular weight is 306 g/mol. The molecule has 1 unspecified atom stereocenters. The molecule has 1 saturated heterocycles. The van der Waals surface area contributed by atoms with Gasteiger partial charge in [0.1, 0.15) is 5.75 Å². The van der Waals surface area contributed by atoms with Crippen molar-refractivity contribution >= 4 is 11.8 Å². The Balaban J connectivity index is 1.80. The fraction of sp³-hybridized carbons (Fsp3) is 0.500. The van der Waals surface area contributed by atoms with Crippen LogP contribution in [0.25, 0.3) is 0 Å². The van der Waals surface area contributed by atoms with Crippen molar-refractivity contribution in [3.8, 4) is 5.75 Å². The molecule has 6 heteroatoms. The molecule has 1 fully saturated rings. The lowest BCUT2D eigenvalue weighted by Gasteiger charge is -2.20. The van der Waals surface area contributed by atoms with Crippen molar-refractivity contribution in [2.24, 2.45) is 0 Å². The van der Waals surface area contributed by atoms with E-state index in [9.17, 15) is 19.8 Å². The largest absolute Gasteiger partial charge is 0.508 e. The van der Waals surface area contributed by atoms with Crippen LogP contribution in [0.1, 0.15) is 37.4 Å². The Morgan fingerprint density at radius 3 is 2.91 bits per heavy atom. The molecule has 0 bridgehead atoms. The van der Waals surface area contributed by atoms with Crippen LogP contribution in [0.3, 0.4) is 0 Å². The fourth-order valence-electron chi connectivity index (χ4n) is 2.50. The number of aromatic hydroxyl groups is 1. The maximum Gasteiger partial charge on any atom is 0.239 e. The number of nitrogens with one attached hydrogen (secondary N) is 1. The lowest BCUT2D eigenvalue weighted by molar-refractivity contribution is -0.135. The van der Waals surface area contributed by atoms with Gasteiger partial charge in [-0.05, 0) is 30.5 Å². The van der Waals surface area contributed by atoms with Crippen LogP contribution in [0.15, 0.2) is 24.3 Å². The molecular formula is C16H22N2O4. The summed E-state index contributed by atoms with van der Waals surface area (Å²) in [7, 11) is 0. The first-order chi connectivity index (χ1) is 10.6. The third-order valence-corrected chi connectivity index (χ3v) is 3.75. The SMILES string of the molecule is O=C(CN1CCCCCC1=O)NCC(O)c1cccc(O)c1. The fourth-order valence-corrected chi connectivity index (χ4v) is 2.50. The zero-order chi connectivity index (χ0) is 15.9. The predicted molar refractivity (Wildman–Crippen MR) is 81.1 cm³/mol. The van der Waals surface area contributed by atoms with Crippen molar-refractivity contribution in [3.63, 3.8) is 0 Å². The number of carbonyl (C=O) groups excluding carboxylic acids is 2. The smallest absolute Gasteiger partial charge is 0.239 e. The summed E-state index contributed by atoms with van der Waals surface area (Å²) < 4.78 is 0. The summed E-state index contributed by atoms with van der Waals surface area (Å²) in [6.45, 7) is 0.692. The summed E-state index contributed by atoms with van der Waals surface area (Å²) in [6.07, 6.45) is 2.42. The molecule has 1 aliphatic rings. The summed E-state index contributed by atoms with van der Waals surface area (Å²) in [5.41, 5.74) is 0.533. The number of hydrogen-bond donors (Lipinski definition) is 3. The number of rotatable bonds is 5. The second kappa shape index (κ2) is 7.79. The van der Waals surface area contributed by atoms with Crippen LogP contribution in [0.5, 0.6) is 5.75 Å². The number of carbonyl (C=O) groups is 2. The maximum absolute atomic E-state index is 11.9. The van der Waals surface area contributed by atoms with Crippen molar-refractivity contribution in [2.75, 3.05) is 19.6 Å². The number of aliphatic hydroxyl groups excluding tert-OH is 1. The van der Waals surface area contributed by atoms with E-state index < -0.39 is 6.10 Å². The monoisotopic (exact) mass is 306 g/mol. The molecule has 2 amide bonds. The highest BCUT2D eigenvalue weighted by atomic mass is 16.3. The Hall–Kier alpha value is -2.08. The molecule has 0 aliphatic carbocycles. The molecule has 22 heavy (non-hydrogen) atoms. The molecule has 120 valence electrons. The van der Waals surface area contributed by atoms with E-state index in [1.807, 2.05) is 0 Å². The molecule has 6 nitrogen and oxygen atoms in total. The van der Waals surface area contributed by atoms with E-state index in [0.717, 1.165) is 19.3 Å². The zero-order valence-electron chi connectivity index (χ0n) is 12.5. The van der Waals surface area contributed by atoms with Gasteiger partial charge in [0, 0.05) is 19.5 Å². The summed E-state index contributed by atoms with van der Waals surface area (Å²) in [5, 5.41) is 22.0. The van der Waals surface area contributed by atoms with E-state index in [1.54, 1.807) is 17.0 Å². The van der Waals surface area contributed by atoms with Gasteiger partial charge in [-0.1, -0.05) is 18.6 Å². The van der Waals surface area contributed by atoms with Crippen molar-refractivity contribution in [2.45, 2.75) is 31.8 Å². The minimum absolute atomic E-state index is 0.0150. The van der Waals surface area contributed by atoms with E-state index in [2.05, 4.69) is 5.32 Å². The third kappa shape index (κ3) is 4.73. The van der Waals surface area contributed by atoms with Crippen LogP contribution in [-0.2, 0) is 9.59 Å². The zero-order valence-corrected chi connectivity index (χ0v) is 12.5. The number of aliphatic hydroxyl groups is 1. The summed E-state index contributed by atoms with van der Waals surface area (Å²) >= 11 is 0. The third-order valence-electron chi connectivity index (χ3n) is 3.75. The normalized spacial score (nSPS) is 17.0. The van der Waals surface area contributed by atoms with Crippen LogP contribution < -0.4 is 5.32 Å². The maximum atomic E-state index is 11.9. The van der Waals surface area contributed by atoms with Gasteiger partial charge in [0.25, 0.3) is 0 Å². The van der Waals surface area contributed by atoms with Crippen LogP contribution in [0, 0.1) is 0 Å². The van der Waals surface area contributed by atoms with Gasteiger partial charge in [-0.25, -0.2) is 0 Å². The quantitative estimate of drug-likeness (QED) is 0.755. The molecule has 1 atom stereocenters. The van der Waals surface area contributed by atoms with Crippen LogP contribution >= 0.6 is 0 Å². The highest BCUT2D eigenvalue weighted by molar-refractivity contribution is 5.84. The van der Waals surface area contributed by atoms with E-state index >= 15 is 0 Å². The lowest BCUT2D eigenvalue weighted by Crippen LogP contribution is -2.41. The van der Waals surface area contributed by atoms with Crippen molar-refractivity contribution in [1.29, 1.82) is 0 Å². The first-order valence-corrected chi connectivity index (χ1v) is 7.58. The van der Waals surface area contributed by atoms with Crippen molar-refractivity contribution in [3.05, 3.63) is 29.8 Å². The average Bonchev–Trinajstić information content (AvgIpc) is 2.70. The Bertz CT molecular complexity index is 533.